The maximum Gasteiger partial charge on any atom is 0.338 e. The largest absolute Gasteiger partial charge is 0.497 e. The molecule has 2 aromatic rings. The Bertz CT molecular complexity index is 596. The number of benzene rings is 1. The number of hydrogen-bond acceptors (Lipinski definition) is 4. The molecule has 1 aromatic carbocycles. The van der Waals surface area contributed by atoms with Crippen LogP contribution in [0.2, 0.25) is 0 Å². The predicted octanol–water partition coefficient (Wildman–Crippen LogP) is 3.25. The molecule has 0 aliphatic heterocycles. The average Bonchev–Trinajstić information content (AvgIpc) is 2.39. The van der Waals surface area contributed by atoms with Gasteiger partial charge in [-0.2, -0.15) is 0 Å². The molecular weight excluding hydrogens is 262 g/mol. The van der Waals surface area contributed by atoms with Gasteiger partial charge in [-0.1, -0.05) is 11.8 Å². The van der Waals surface area contributed by atoms with Crippen LogP contribution in [0.25, 0.3) is 0 Å². The minimum absolute atomic E-state index is 0.214. The van der Waals surface area contributed by atoms with Crippen molar-refractivity contribution < 1.29 is 14.6 Å². The lowest BCUT2D eigenvalue weighted by Gasteiger charge is -2.06. The number of aromatic carboxylic acids is 1. The van der Waals surface area contributed by atoms with E-state index < -0.39 is 5.97 Å². The van der Waals surface area contributed by atoms with Gasteiger partial charge in [-0.15, -0.1) is 0 Å². The summed E-state index contributed by atoms with van der Waals surface area (Å²) in [6.45, 7) is 1.84. The second kappa shape index (κ2) is 5.75. The van der Waals surface area contributed by atoms with Gasteiger partial charge in [-0.3, -0.25) is 0 Å². The molecule has 0 saturated heterocycles. The summed E-state index contributed by atoms with van der Waals surface area (Å²) in [5.41, 5.74) is 1.01. The lowest BCUT2D eigenvalue weighted by atomic mass is 10.2. The number of aromatic nitrogens is 1. The number of hydrogen-bond donors (Lipinski definition) is 1. The Balaban J connectivity index is 2.31. The highest BCUT2D eigenvalue weighted by molar-refractivity contribution is 7.99. The summed E-state index contributed by atoms with van der Waals surface area (Å²) in [5, 5.41) is 9.64. The zero-order valence-corrected chi connectivity index (χ0v) is 11.4. The third kappa shape index (κ3) is 3.26. The fourth-order valence-corrected chi connectivity index (χ4v) is 2.48. The third-order valence-corrected chi connectivity index (χ3v) is 3.52. The van der Waals surface area contributed by atoms with Crippen LogP contribution in [-0.4, -0.2) is 23.2 Å². The number of carboxylic acids is 1. The highest BCUT2D eigenvalue weighted by Gasteiger charge is 2.12. The first kappa shape index (κ1) is 13.4. The Morgan fingerprint density at radius 2 is 1.89 bits per heavy atom. The van der Waals surface area contributed by atoms with Crippen molar-refractivity contribution in [1.82, 2.24) is 4.98 Å². The molecule has 19 heavy (non-hydrogen) atoms. The van der Waals surface area contributed by atoms with Crippen molar-refractivity contribution in [1.29, 1.82) is 0 Å². The monoisotopic (exact) mass is 275 g/mol. The van der Waals surface area contributed by atoms with Crippen LogP contribution in [0.1, 0.15) is 16.1 Å². The van der Waals surface area contributed by atoms with Gasteiger partial charge >= 0.3 is 5.97 Å². The lowest BCUT2D eigenvalue weighted by Crippen LogP contribution is -2.01. The molecule has 0 unspecified atom stereocenters. The number of carbonyl (C=O) groups is 1. The summed E-state index contributed by atoms with van der Waals surface area (Å²) in [4.78, 5) is 16.4. The van der Waals surface area contributed by atoms with E-state index in [-0.39, 0.29) is 5.56 Å². The van der Waals surface area contributed by atoms with Gasteiger partial charge in [0, 0.05) is 10.6 Å². The van der Waals surface area contributed by atoms with Crippen LogP contribution in [-0.2, 0) is 0 Å². The molecule has 0 aliphatic carbocycles. The van der Waals surface area contributed by atoms with E-state index in [0.717, 1.165) is 16.3 Å². The fraction of sp³-hybridized carbons (Fsp3) is 0.143. The Hall–Kier alpha value is -2.01. The minimum atomic E-state index is -0.969. The van der Waals surface area contributed by atoms with Gasteiger partial charge in [0.15, 0.2) is 0 Å². The van der Waals surface area contributed by atoms with E-state index in [2.05, 4.69) is 4.98 Å². The summed E-state index contributed by atoms with van der Waals surface area (Å²) < 4.78 is 5.08. The standard InChI is InChI=1S/C14H13NO3S/c1-9-3-8-12(14(16)17)13(15-9)19-11-6-4-10(18-2)5-7-11/h3-8H,1-2H3,(H,16,17). The number of nitrogens with zero attached hydrogens (tertiary/aromatic N) is 1. The smallest absolute Gasteiger partial charge is 0.338 e. The Morgan fingerprint density at radius 1 is 1.21 bits per heavy atom. The lowest BCUT2D eigenvalue weighted by molar-refractivity contribution is 0.0692. The molecule has 98 valence electrons. The molecular formula is C14H13NO3S. The van der Waals surface area contributed by atoms with Crippen molar-refractivity contribution in [3.05, 3.63) is 47.7 Å². The topological polar surface area (TPSA) is 59.4 Å². The van der Waals surface area contributed by atoms with Gasteiger partial charge in [-0.25, -0.2) is 9.78 Å². The van der Waals surface area contributed by atoms with Gasteiger partial charge in [0.1, 0.15) is 10.8 Å². The minimum Gasteiger partial charge on any atom is -0.497 e. The molecule has 5 heteroatoms. The van der Waals surface area contributed by atoms with E-state index >= 15 is 0 Å². The van der Waals surface area contributed by atoms with Gasteiger partial charge in [0.25, 0.3) is 0 Å². The van der Waals surface area contributed by atoms with Crippen LogP contribution in [0.5, 0.6) is 5.75 Å². The first-order valence-electron chi connectivity index (χ1n) is 5.63. The van der Waals surface area contributed by atoms with Crippen molar-refractivity contribution in [2.45, 2.75) is 16.8 Å². The molecule has 0 saturated carbocycles. The number of aryl methyl sites for hydroxylation is 1. The van der Waals surface area contributed by atoms with Crippen LogP contribution in [0.15, 0.2) is 46.3 Å². The summed E-state index contributed by atoms with van der Waals surface area (Å²) in [7, 11) is 1.60. The highest BCUT2D eigenvalue weighted by atomic mass is 32.2. The second-order valence-electron chi connectivity index (χ2n) is 3.89. The first-order valence-corrected chi connectivity index (χ1v) is 6.44. The van der Waals surface area contributed by atoms with Gasteiger partial charge < -0.3 is 9.84 Å². The molecule has 1 heterocycles. The van der Waals surface area contributed by atoms with Crippen LogP contribution in [0.3, 0.4) is 0 Å². The average molecular weight is 275 g/mol. The van der Waals surface area contributed by atoms with Crippen molar-refractivity contribution in [3.63, 3.8) is 0 Å². The molecule has 1 aromatic heterocycles. The first-order chi connectivity index (χ1) is 9.10. The SMILES string of the molecule is COc1ccc(Sc2nc(C)ccc2C(=O)O)cc1. The Labute approximate surface area is 115 Å². The molecule has 2 rings (SSSR count). The highest BCUT2D eigenvalue weighted by Crippen LogP contribution is 2.30. The normalized spacial score (nSPS) is 10.2. The molecule has 1 N–H and O–H groups in total. The van der Waals surface area contributed by atoms with Crippen LogP contribution >= 0.6 is 11.8 Å². The zero-order chi connectivity index (χ0) is 13.8. The number of ether oxygens (including phenoxy) is 1. The van der Waals surface area contributed by atoms with Crippen molar-refractivity contribution in [2.75, 3.05) is 7.11 Å². The van der Waals surface area contributed by atoms with E-state index in [4.69, 9.17) is 9.84 Å². The van der Waals surface area contributed by atoms with Gasteiger partial charge in [0.05, 0.1) is 12.7 Å². The number of rotatable bonds is 4. The third-order valence-electron chi connectivity index (χ3n) is 2.50. The molecule has 0 bridgehead atoms. The molecule has 4 nitrogen and oxygen atoms in total. The van der Waals surface area contributed by atoms with Gasteiger partial charge in [-0.05, 0) is 43.3 Å². The summed E-state index contributed by atoms with van der Waals surface area (Å²) in [6.07, 6.45) is 0. The summed E-state index contributed by atoms with van der Waals surface area (Å²) in [6, 6.07) is 10.7. The maximum atomic E-state index is 11.2. The van der Waals surface area contributed by atoms with Crippen molar-refractivity contribution >= 4 is 17.7 Å². The van der Waals surface area contributed by atoms with E-state index in [1.807, 2.05) is 31.2 Å². The number of carboxylic acid groups (broad SMARTS) is 1. The van der Waals surface area contributed by atoms with Crippen molar-refractivity contribution in [3.8, 4) is 5.75 Å². The van der Waals surface area contributed by atoms with Gasteiger partial charge in [0.2, 0.25) is 0 Å². The predicted molar refractivity (Wildman–Crippen MR) is 73.1 cm³/mol. The quantitative estimate of drug-likeness (QED) is 0.928. The van der Waals surface area contributed by atoms with Crippen LogP contribution in [0, 0.1) is 6.92 Å². The molecule has 0 amide bonds. The van der Waals surface area contributed by atoms with Crippen molar-refractivity contribution in [2.24, 2.45) is 0 Å². The molecule has 0 spiro atoms. The number of methoxy groups -OCH3 is 1. The molecule has 0 fully saturated rings. The zero-order valence-electron chi connectivity index (χ0n) is 10.6. The molecule has 0 atom stereocenters. The fourth-order valence-electron chi connectivity index (χ4n) is 1.53. The van der Waals surface area contributed by atoms with E-state index in [1.54, 1.807) is 19.2 Å². The second-order valence-corrected chi connectivity index (χ2v) is 4.95. The van der Waals surface area contributed by atoms with E-state index in [9.17, 15) is 4.79 Å². The Morgan fingerprint density at radius 3 is 2.47 bits per heavy atom. The molecule has 0 aliphatic rings. The number of pyridine rings is 1. The van der Waals surface area contributed by atoms with E-state index in [0.29, 0.717) is 5.03 Å². The Kier molecular flexibility index (Phi) is 4.06. The maximum absolute atomic E-state index is 11.2. The summed E-state index contributed by atoms with van der Waals surface area (Å²) >= 11 is 1.33. The van der Waals surface area contributed by atoms with Crippen LogP contribution in [0.4, 0.5) is 0 Å². The summed E-state index contributed by atoms with van der Waals surface area (Å²) in [5.74, 6) is -0.205. The van der Waals surface area contributed by atoms with E-state index in [1.165, 1.54) is 11.8 Å². The molecule has 0 radical (unpaired) electrons. The van der Waals surface area contributed by atoms with Crippen LogP contribution < -0.4 is 4.74 Å².